The molecule has 1 aromatic carbocycles. The lowest BCUT2D eigenvalue weighted by molar-refractivity contribution is -0.142. The third-order valence-electron chi connectivity index (χ3n) is 1.85. The third-order valence-corrected chi connectivity index (χ3v) is 1.85. The van der Waals surface area contributed by atoms with E-state index in [1.54, 1.807) is 0 Å². The first-order valence-electron chi connectivity index (χ1n) is 3.95. The average Bonchev–Trinajstić information content (AvgIpc) is 2.22. The molecule has 0 heterocycles. The van der Waals surface area contributed by atoms with Gasteiger partial charge in [0.2, 0.25) is 0 Å². The van der Waals surface area contributed by atoms with Gasteiger partial charge in [-0.3, -0.25) is 4.79 Å². The van der Waals surface area contributed by atoms with Gasteiger partial charge in [-0.25, -0.2) is 13.2 Å². The molecule has 7 heteroatoms. The van der Waals surface area contributed by atoms with Gasteiger partial charge in [0.25, 0.3) is 0 Å². The first-order chi connectivity index (χ1) is 6.99. The normalized spacial score (nSPS) is 11.6. The summed E-state index contributed by atoms with van der Waals surface area (Å²) in [6.07, 6.45) is 0. The molecule has 90 valence electrons. The predicted octanol–water partition coefficient (Wildman–Crippen LogP) is 1.70. The Morgan fingerprint density at radius 2 is 1.81 bits per heavy atom. The summed E-state index contributed by atoms with van der Waals surface area (Å²) in [6.45, 7) is 0. The molecule has 0 aromatic heterocycles. The summed E-state index contributed by atoms with van der Waals surface area (Å²) in [6, 6.07) is -0.375. The zero-order valence-corrected chi connectivity index (χ0v) is 8.98. The molecular formula is C9H9ClF3NO2. The van der Waals surface area contributed by atoms with Crippen LogP contribution in [-0.2, 0) is 9.53 Å². The van der Waals surface area contributed by atoms with Gasteiger partial charge in [0.15, 0.2) is 11.6 Å². The fourth-order valence-corrected chi connectivity index (χ4v) is 1.07. The van der Waals surface area contributed by atoms with E-state index in [0.717, 1.165) is 7.11 Å². The van der Waals surface area contributed by atoms with Crippen LogP contribution in [0.1, 0.15) is 11.6 Å². The zero-order valence-electron chi connectivity index (χ0n) is 8.17. The number of nitrogens with two attached hydrogens (primary N) is 1. The largest absolute Gasteiger partial charge is 0.468 e. The Hall–Kier alpha value is -1.27. The maximum absolute atomic E-state index is 13.1. The van der Waals surface area contributed by atoms with Crippen molar-refractivity contribution in [2.45, 2.75) is 6.04 Å². The van der Waals surface area contributed by atoms with E-state index in [1.807, 2.05) is 0 Å². The van der Waals surface area contributed by atoms with Gasteiger partial charge >= 0.3 is 5.97 Å². The second-order valence-corrected chi connectivity index (χ2v) is 2.76. The van der Waals surface area contributed by atoms with Crippen LogP contribution in [0.25, 0.3) is 0 Å². The van der Waals surface area contributed by atoms with Gasteiger partial charge in [0, 0.05) is 0 Å². The van der Waals surface area contributed by atoms with Crippen LogP contribution in [0.3, 0.4) is 0 Å². The highest BCUT2D eigenvalue weighted by atomic mass is 35.5. The molecule has 2 N–H and O–H groups in total. The lowest BCUT2D eigenvalue weighted by atomic mass is 10.1. The molecular weight excluding hydrogens is 247 g/mol. The summed E-state index contributed by atoms with van der Waals surface area (Å²) in [5, 5.41) is 0. The van der Waals surface area contributed by atoms with Crippen LogP contribution >= 0.6 is 12.4 Å². The van der Waals surface area contributed by atoms with E-state index in [1.165, 1.54) is 0 Å². The van der Waals surface area contributed by atoms with Crippen molar-refractivity contribution in [2.24, 2.45) is 5.73 Å². The number of esters is 1. The number of carbonyl (C=O) groups is 1. The van der Waals surface area contributed by atoms with Crippen molar-refractivity contribution in [3.05, 3.63) is 35.1 Å². The monoisotopic (exact) mass is 255 g/mol. The number of halogens is 4. The summed E-state index contributed by atoms with van der Waals surface area (Å²) in [5.41, 5.74) is 4.37. The third kappa shape index (κ3) is 2.65. The minimum absolute atomic E-state index is 0. The molecule has 1 aromatic rings. The minimum atomic E-state index is -1.68. The van der Waals surface area contributed by atoms with Gasteiger partial charge in [0.1, 0.15) is 11.9 Å². The Morgan fingerprint density at radius 1 is 1.31 bits per heavy atom. The topological polar surface area (TPSA) is 52.3 Å². The second-order valence-electron chi connectivity index (χ2n) is 2.76. The Balaban J connectivity index is 0.00000225. The van der Waals surface area contributed by atoms with Crippen molar-refractivity contribution in [1.82, 2.24) is 0 Å². The van der Waals surface area contributed by atoms with Gasteiger partial charge < -0.3 is 10.5 Å². The van der Waals surface area contributed by atoms with Crippen LogP contribution in [0.5, 0.6) is 0 Å². The SMILES string of the molecule is COC(=O)[C@@H](N)c1c(F)ccc(F)c1F.Cl. The predicted molar refractivity (Wildman–Crippen MR) is 52.5 cm³/mol. The molecule has 0 aliphatic rings. The highest BCUT2D eigenvalue weighted by Gasteiger charge is 2.25. The van der Waals surface area contributed by atoms with Gasteiger partial charge in [-0.05, 0) is 12.1 Å². The van der Waals surface area contributed by atoms with Crippen LogP contribution < -0.4 is 5.73 Å². The van der Waals surface area contributed by atoms with E-state index in [-0.39, 0.29) is 12.4 Å². The van der Waals surface area contributed by atoms with Crippen LogP contribution in [0.2, 0.25) is 0 Å². The number of methoxy groups -OCH3 is 1. The maximum Gasteiger partial charge on any atom is 0.327 e. The molecule has 0 bridgehead atoms. The number of hydrogen-bond donors (Lipinski definition) is 1. The smallest absolute Gasteiger partial charge is 0.327 e. The molecule has 0 aliphatic heterocycles. The Morgan fingerprint density at radius 3 is 2.31 bits per heavy atom. The molecule has 0 radical (unpaired) electrons. The lowest BCUT2D eigenvalue weighted by Gasteiger charge is -2.11. The van der Waals surface area contributed by atoms with Gasteiger partial charge in [0.05, 0.1) is 12.7 Å². The molecule has 16 heavy (non-hydrogen) atoms. The molecule has 0 fully saturated rings. The van der Waals surface area contributed by atoms with Crippen molar-refractivity contribution < 1.29 is 22.7 Å². The summed E-state index contributed by atoms with van der Waals surface area (Å²) in [4.78, 5) is 10.9. The van der Waals surface area contributed by atoms with E-state index in [0.29, 0.717) is 12.1 Å². The Kier molecular flexibility index (Phi) is 5.26. The Labute approximate surface area is 95.8 Å². The van der Waals surface area contributed by atoms with Crippen LogP contribution in [0, 0.1) is 17.5 Å². The standard InChI is InChI=1S/C9H8F3NO2.ClH/c1-15-9(14)8(13)6-4(10)2-3-5(11)7(6)12;/h2-3,8H,13H2,1H3;1H/t8-;/m0./s1. The average molecular weight is 256 g/mol. The highest BCUT2D eigenvalue weighted by molar-refractivity contribution is 5.85. The molecule has 0 spiro atoms. The Bertz CT molecular complexity index is 401. The van der Waals surface area contributed by atoms with E-state index in [9.17, 15) is 18.0 Å². The van der Waals surface area contributed by atoms with Gasteiger partial charge in [-0.1, -0.05) is 0 Å². The molecule has 0 unspecified atom stereocenters. The second kappa shape index (κ2) is 5.72. The zero-order chi connectivity index (χ0) is 11.6. The molecule has 0 aliphatic carbocycles. The van der Waals surface area contributed by atoms with Crippen LogP contribution in [-0.4, -0.2) is 13.1 Å². The number of benzene rings is 1. The molecule has 1 rings (SSSR count). The molecule has 1 atom stereocenters. The fraction of sp³-hybridized carbons (Fsp3) is 0.222. The quantitative estimate of drug-likeness (QED) is 0.646. The van der Waals surface area contributed by atoms with Gasteiger partial charge in [-0.2, -0.15) is 0 Å². The lowest BCUT2D eigenvalue weighted by Crippen LogP contribution is -2.25. The molecule has 0 saturated carbocycles. The van der Waals surface area contributed by atoms with E-state index in [4.69, 9.17) is 5.73 Å². The summed E-state index contributed by atoms with van der Waals surface area (Å²) in [7, 11) is 1.01. The maximum atomic E-state index is 13.1. The van der Waals surface area contributed by atoms with E-state index >= 15 is 0 Å². The van der Waals surface area contributed by atoms with E-state index < -0.39 is 35.0 Å². The summed E-state index contributed by atoms with van der Waals surface area (Å²) >= 11 is 0. The van der Waals surface area contributed by atoms with Crippen LogP contribution in [0.4, 0.5) is 13.2 Å². The van der Waals surface area contributed by atoms with Crippen molar-refractivity contribution >= 4 is 18.4 Å². The van der Waals surface area contributed by atoms with E-state index in [2.05, 4.69) is 4.74 Å². The minimum Gasteiger partial charge on any atom is -0.468 e. The molecule has 3 nitrogen and oxygen atoms in total. The summed E-state index contributed by atoms with van der Waals surface area (Å²) in [5.74, 6) is -4.89. The van der Waals surface area contributed by atoms with Crippen molar-refractivity contribution in [1.29, 1.82) is 0 Å². The number of hydrogen-bond acceptors (Lipinski definition) is 3. The highest BCUT2D eigenvalue weighted by Crippen LogP contribution is 2.22. The number of ether oxygens (including phenoxy) is 1. The molecule has 0 amide bonds. The van der Waals surface area contributed by atoms with Crippen LogP contribution in [0.15, 0.2) is 12.1 Å². The summed E-state index contributed by atoms with van der Waals surface area (Å²) < 4.78 is 43.1. The van der Waals surface area contributed by atoms with Crippen molar-refractivity contribution in [3.8, 4) is 0 Å². The fourth-order valence-electron chi connectivity index (χ4n) is 1.07. The first-order valence-corrected chi connectivity index (χ1v) is 3.95. The van der Waals surface area contributed by atoms with Crippen molar-refractivity contribution in [3.63, 3.8) is 0 Å². The van der Waals surface area contributed by atoms with Gasteiger partial charge in [-0.15, -0.1) is 12.4 Å². The van der Waals surface area contributed by atoms with Crippen molar-refractivity contribution in [2.75, 3.05) is 7.11 Å². The number of rotatable bonds is 2. The molecule has 0 saturated heterocycles. The first kappa shape index (κ1) is 14.7. The number of carbonyl (C=O) groups excluding carboxylic acids is 1.